The van der Waals surface area contributed by atoms with Crippen LogP contribution in [0.1, 0.15) is 15.9 Å². The molecule has 0 saturated heterocycles. The number of carbonyl (C=O) groups excluding carboxylic acids is 1. The standard InChI is InChI=1S/C14H11Br2NO2/c15-10-4-1-3-9(7-10)8-19-14(18)11-5-2-6-12(17)13(11)16/h1-7H,8,17H2. The first-order valence-electron chi connectivity index (χ1n) is 5.53. The lowest BCUT2D eigenvalue weighted by Gasteiger charge is -2.08. The molecule has 0 bridgehead atoms. The van der Waals surface area contributed by atoms with Crippen LogP contribution in [-0.4, -0.2) is 5.97 Å². The molecule has 3 nitrogen and oxygen atoms in total. The molecule has 0 aliphatic rings. The topological polar surface area (TPSA) is 52.3 Å². The highest BCUT2D eigenvalue weighted by atomic mass is 79.9. The van der Waals surface area contributed by atoms with Crippen LogP contribution >= 0.6 is 31.9 Å². The van der Waals surface area contributed by atoms with Gasteiger partial charge in [-0.3, -0.25) is 0 Å². The third kappa shape index (κ3) is 3.58. The molecule has 19 heavy (non-hydrogen) atoms. The Hall–Kier alpha value is -1.33. The Morgan fingerprint density at radius 1 is 1.16 bits per heavy atom. The molecule has 0 spiro atoms. The lowest BCUT2D eigenvalue weighted by Crippen LogP contribution is -2.07. The molecule has 0 atom stereocenters. The number of hydrogen-bond acceptors (Lipinski definition) is 3. The van der Waals surface area contributed by atoms with Gasteiger partial charge in [0.2, 0.25) is 0 Å². The Kier molecular flexibility index (Phi) is 4.61. The first-order valence-corrected chi connectivity index (χ1v) is 7.12. The van der Waals surface area contributed by atoms with Crippen LogP contribution in [-0.2, 0) is 11.3 Å². The van der Waals surface area contributed by atoms with Crippen molar-refractivity contribution >= 4 is 43.5 Å². The van der Waals surface area contributed by atoms with Gasteiger partial charge in [0.1, 0.15) is 6.61 Å². The molecule has 0 heterocycles. The molecule has 2 aromatic rings. The molecule has 98 valence electrons. The number of nitrogens with two attached hydrogens (primary N) is 1. The SMILES string of the molecule is Nc1cccc(C(=O)OCc2cccc(Br)c2)c1Br. The van der Waals surface area contributed by atoms with Crippen molar-refractivity contribution in [3.05, 3.63) is 62.5 Å². The Bertz CT molecular complexity index is 614. The maximum absolute atomic E-state index is 12.0. The first kappa shape index (κ1) is 14.1. The second-order valence-corrected chi connectivity index (χ2v) is 5.62. The third-order valence-corrected chi connectivity index (χ3v) is 3.89. The molecule has 0 aromatic heterocycles. The van der Waals surface area contributed by atoms with E-state index in [1.165, 1.54) is 0 Å². The van der Waals surface area contributed by atoms with Crippen molar-refractivity contribution in [2.75, 3.05) is 5.73 Å². The Morgan fingerprint density at radius 3 is 2.63 bits per heavy atom. The van der Waals surface area contributed by atoms with Crippen LogP contribution in [0.3, 0.4) is 0 Å². The monoisotopic (exact) mass is 383 g/mol. The van der Waals surface area contributed by atoms with E-state index in [2.05, 4.69) is 31.9 Å². The summed E-state index contributed by atoms with van der Waals surface area (Å²) in [6.45, 7) is 0.222. The number of anilines is 1. The van der Waals surface area contributed by atoms with E-state index in [1.807, 2.05) is 24.3 Å². The first-order chi connectivity index (χ1) is 9.08. The van der Waals surface area contributed by atoms with Crippen LogP contribution in [0, 0.1) is 0 Å². The molecule has 2 aromatic carbocycles. The van der Waals surface area contributed by atoms with Crippen molar-refractivity contribution in [3.63, 3.8) is 0 Å². The smallest absolute Gasteiger partial charge is 0.339 e. The van der Waals surface area contributed by atoms with E-state index in [0.29, 0.717) is 15.7 Å². The van der Waals surface area contributed by atoms with E-state index in [9.17, 15) is 4.79 Å². The Morgan fingerprint density at radius 2 is 1.89 bits per heavy atom. The maximum atomic E-state index is 12.0. The fraction of sp³-hybridized carbons (Fsp3) is 0.0714. The quantitative estimate of drug-likeness (QED) is 0.638. The number of carbonyl (C=O) groups is 1. The maximum Gasteiger partial charge on any atom is 0.339 e. The molecular weight excluding hydrogens is 374 g/mol. The van der Waals surface area contributed by atoms with Gasteiger partial charge in [0.25, 0.3) is 0 Å². The van der Waals surface area contributed by atoms with Gasteiger partial charge in [0, 0.05) is 10.2 Å². The molecule has 0 radical (unpaired) electrons. The number of benzene rings is 2. The number of halogens is 2. The van der Waals surface area contributed by atoms with Crippen LogP contribution in [0.25, 0.3) is 0 Å². The average Bonchev–Trinajstić information content (AvgIpc) is 2.39. The van der Waals surface area contributed by atoms with Crippen molar-refractivity contribution in [1.82, 2.24) is 0 Å². The van der Waals surface area contributed by atoms with Crippen LogP contribution in [0.2, 0.25) is 0 Å². The van der Waals surface area contributed by atoms with Gasteiger partial charge >= 0.3 is 5.97 Å². The molecular formula is C14H11Br2NO2. The van der Waals surface area contributed by atoms with Gasteiger partial charge in [-0.2, -0.15) is 0 Å². The fourth-order valence-electron chi connectivity index (χ4n) is 1.56. The zero-order chi connectivity index (χ0) is 13.8. The number of rotatable bonds is 3. The van der Waals surface area contributed by atoms with E-state index < -0.39 is 5.97 Å². The van der Waals surface area contributed by atoms with Gasteiger partial charge in [-0.1, -0.05) is 34.1 Å². The molecule has 0 aliphatic heterocycles. The second kappa shape index (κ2) is 6.21. The average molecular weight is 385 g/mol. The van der Waals surface area contributed by atoms with E-state index in [0.717, 1.165) is 10.0 Å². The lowest BCUT2D eigenvalue weighted by atomic mass is 10.2. The number of esters is 1. The highest BCUT2D eigenvalue weighted by Crippen LogP contribution is 2.24. The fourth-order valence-corrected chi connectivity index (χ4v) is 2.43. The van der Waals surface area contributed by atoms with Crippen LogP contribution in [0.5, 0.6) is 0 Å². The van der Waals surface area contributed by atoms with Gasteiger partial charge < -0.3 is 10.5 Å². The van der Waals surface area contributed by atoms with Crippen molar-refractivity contribution < 1.29 is 9.53 Å². The summed E-state index contributed by atoms with van der Waals surface area (Å²) in [5.74, 6) is -0.404. The normalized spacial score (nSPS) is 10.2. The zero-order valence-electron chi connectivity index (χ0n) is 9.90. The van der Waals surface area contributed by atoms with Crippen molar-refractivity contribution in [2.45, 2.75) is 6.61 Å². The molecule has 0 saturated carbocycles. The Labute approximate surface area is 128 Å². The predicted molar refractivity (Wildman–Crippen MR) is 81.8 cm³/mol. The predicted octanol–water partition coefficient (Wildman–Crippen LogP) is 4.15. The van der Waals surface area contributed by atoms with Gasteiger partial charge in [-0.25, -0.2) is 4.79 Å². The highest BCUT2D eigenvalue weighted by molar-refractivity contribution is 9.11. The summed E-state index contributed by atoms with van der Waals surface area (Å²) in [5.41, 5.74) is 7.58. The van der Waals surface area contributed by atoms with Crippen LogP contribution < -0.4 is 5.73 Å². The van der Waals surface area contributed by atoms with Crippen molar-refractivity contribution in [3.8, 4) is 0 Å². The minimum Gasteiger partial charge on any atom is -0.457 e. The van der Waals surface area contributed by atoms with Gasteiger partial charge in [-0.15, -0.1) is 0 Å². The summed E-state index contributed by atoms with van der Waals surface area (Å²) >= 11 is 6.66. The minimum atomic E-state index is -0.404. The van der Waals surface area contributed by atoms with Crippen LogP contribution in [0.15, 0.2) is 51.4 Å². The molecule has 0 amide bonds. The lowest BCUT2D eigenvalue weighted by molar-refractivity contribution is 0.0471. The van der Waals surface area contributed by atoms with E-state index in [1.54, 1.807) is 18.2 Å². The summed E-state index contributed by atoms with van der Waals surface area (Å²) < 4.78 is 6.77. The molecule has 0 aliphatic carbocycles. The summed E-state index contributed by atoms with van der Waals surface area (Å²) in [4.78, 5) is 12.0. The number of nitrogen functional groups attached to an aromatic ring is 1. The molecule has 2 N–H and O–H groups in total. The third-order valence-electron chi connectivity index (χ3n) is 2.51. The van der Waals surface area contributed by atoms with Gasteiger partial charge in [-0.05, 0) is 45.8 Å². The number of hydrogen-bond donors (Lipinski definition) is 1. The molecule has 0 unspecified atom stereocenters. The van der Waals surface area contributed by atoms with E-state index in [-0.39, 0.29) is 6.61 Å². The second-order valence-electron chi connectivity index (χ2n) is 3.91. The largest absolute Gasteiger partial charge is 0.457 e. The molecule has 0 fully saturated rings. The summed E-state index contributed by atoms with van der Waals surface area (Å²) in [6, 6.07) is 12.7. The van der Waals surface area contributed by atoms with E-state index in [4.69, 9.17) is 10.5 Å². The highest BCUT2D eigenvalue weighted by Gasteiger charge is 2.13. The summed E-state index contributed by atoms with van der Waals surface area (Å²) in [6.07, 6.45) is 0. The summed E-state index contributed by atoms with van der Waals surface area (Å²) in [5, 5.41) is 0. The molecule has 5 heteroatoms. The van der Waals surface area contributed by atoms with Crippen molar-refractivity contribution in [2.24, 2.45) is 0 Å². The number of ether oxygens (including phenoxy) is 1. The minimum absolute atomic E-state index is 0.222. The molecule has 2 rings (SSSR count). The van der Waals surface area contributed by atoms with Gasteiger partial charge in [0.05, 0.1) is 10.0 Å². The van der Waals surface area contributed by atoms with Gasteiger partial charge in [0.15, 0.2) is 0 Å². The van der Waals surface area contributed by atoms with E-state index >= 15 is 0 Å². The Balaban J connectivity index is 2.08. The summed E-state index contributed by atoms with van der Waals surface area (Å²) in [7, 11) is 0. The van der Waals surface area contributed by atoms with Crippen molar-refractivity contribution in [1.29, 1.82) is 0 Å². The van der Waals surface area contributed by atoms with Crippen LogP contribution in [0.4, 0.5) is 5.69 Å². The zero-order valence-corrected chi connectivity index (χ0v) is 13.1.